The standard InChI is InChI=1S/C11H14FNO/c1-3-8(2)13-11(14)9-5-4-6-10(12)7-9/h4-8H,3H2,1-2H3,(H,13,14)/t8-/m1/s1. The van der Waals surface area contributed by atoms with Gasteiger partial charge in [0, 0.05) is 11.6 Å². The smallest absolute Gasteiger partial charge is 0.251 e. The summed E-state index contributed by atoms with van der Waals surface area (Å²) in [5, 5.41) is 2.77. The van der Waals surface area contributed by atoms with Crippen LogP contribution >= 0.6 is 0 Å². The van der Waals surface area contributed by atoms with Crippen LogP contribution in [0.2, 0.25) is 0 Å². The van der Waals surface area contributed by atoms with Crippen molar-refractivity contribution in [2.75, 3.05) is 0 Å². The summed E-state index contributed by atoms with van der Waals surface area (Å²) in [5.74, 6) is -0.611. The molecule has 0 aliphatic rings. The van der Waals surface area contributed by atoms with E-state index in [4.69, 9.17) is 0 Å². The zero-order chi connectivity index (χ0) is 10.6. The average molecular weight is 195 g/mol. The van der Waals surface area contributed by atoms with E-state index in [0.717, 1.165) is 6.42 Å². The largest absolute Gasteiger partial charge is 0.350 e. The van der Waals surface area contributed by atoms with Crippen LogP contribution < -0.4 is 5.32 Å². The molecular weight excluding hydrogens is 181 g/mol. The fraction of sp³-hybridized carbons (Fsp3) is 0.364. The molecule has 0 heterocycles. The van der Waals surface area contributed by atoms with Gasteiger partial charge in [0.1, 0.15) is 5.82 Å². The minimum Gasteiger partial charge on any atom is -0.350 e. The number of nitrogens with one attached hydrogen (secondary N) is 1. The molecule has 2 nitrogen and oxygen atoms in total. The Bertz CT molecular complexity index is 325. The molecule has 1 atom stereocenters. The van der Waals surface area contributed by atoms with Crippen LogP contribution in [0.25, 0.3) is 0 Å². The lowest BCUT2D eigenvalue weighted by Gasteiger charge is -2.10. The molecule has 0 spiro atoms. The van der Waals surface area contributed by atoms with E-state index >= 15 is 0 Å². The molecule has 3 heteroatoms. The van der Waals surface area contributed by atoms with Gasteiger partial charge in [-0.15, -0.1) is 0 Å². The molecule has 0 fully saturated rings. The van der Waals surface area contributed by atoms with E-state index < -0.39 is 0 Å². The summed E-state index contributed by atoms with van der Waals surface area (Å²) in [6.45, 7) is 3.90. The van der Waals surface area contributed by atoms with Gasteiger partial charge in [0.05, 0.1) is 0 Å². The zero-order valence-corrected chi connectivity index (χ0v) is 8.38. The normalized spacial score (nSPS) is 12.2. The van der Waals surface area contributed by atoms with Gasteiger partial charge < -0.3 is 5.32 Å². The zero-order valence-electron chi connectivity index (χ0n) is 8.38. The summed E-state index contributed by atoms with van der Waals surface area (Å²) in [5.41, 5.74) is 0.366. The lowest BCUT2D eigenvalue weighted by molar-refractivity contribution is 0.0939. The van der Waals surface area contributed by atoms with Crippen LogP contribution in [0.1, 0.15) is 30.6 Å². The van der Waals surface area contributed by atoms with Crippen molar-refractivity contribution < 1.29 is 9.18 Å². The van der Waals surface area contributed by atoms with Crippen molar-refractivity contribution in [2.45, 2.75) is 26.3 Å². The lowest BCUT2D eigenvalue weighted by Crippen LogP contribution is -2.31. The monoisotopic (exact) mass is 195 g/mol. The number of hydrogen-bond acceptors (Lipinski definition) is 1. The van der Waals surface area contributed by atoms with Crippen LogP contribution in [0.5, 0.6) is 0 Å². The van der Waals surface area contributed by atoms with Crippen molar-refractivity contribution in [3.05, 3.63) is 35.6 Å². The second kappa shape index (κ2) is 4.74. The molecule has 76 valence electrons. The molecule has 0 radical (unpaired) electrons. The van der Waals surface area contributed by atoms with Gasteiger partial charge in [-0.1, -0.05) is 13.0 Å². The summed E-state index contributed by atoms with van der Waals surface area (Å²) < 4.78 is 12.8. The van der Waals surface area contributed by atoms with Gasteiger partial charge in [-0.25, -0.2) is 4.39 Å². The Balaban J connectivity index is 2.70. The molecule has 0 aliphatic carbocycles. The molecule has 0 aromatic heterocycles. The van der Waals surface area contributed by atoms with Crippen molar-refractivity contribution in [3.8, 4) is 0 Å². The number of carbonyl (C=O) groups excluding carboxylic acids is 1. The first-order valence-electron chi connectivity index (χ1n) is 4.70. The van der Waals surface area contributed by atoms with E-state index in [9.17, 15) is 9.18 Å². The van der Waals surface area contributed by atoms with Crippen molar-refractivity contribution in [1.29, 1.82) is 0 Å². The highest BCUT2D eigenvalue weighted by Gasteiger charge is 2.08. The van der Waals surface area contributed by atoms with Crippen LogP contribution in [0.15, 0.2) is 24.3 Å². The first-order valence-corrected chi connectivity index (χ1v) is 4.70. The second-order valence-corrected chi connectivity index (χ2v) is 3.29. The molecule has 0 saturated carbocycles. The molecule has 14 heavy (non-hydrogen) atoms. The number of rotatable bonds is 3. The van der Waals surface area contributed by atoms with Gasteiger partial charge in [0.25, 0.3) is 5.91 Å². The summed E-state index contributed by atoms with van der Waals surface area (Å²) >= 11 is 0. The number of hydrogen-bond donors (Lipinski definition) is 1. The molecule has 1 aromatic rings. The van der Waals surface area contributed by atoms with E-state index in [1.54, 1.807) is 6.07 Å². The maximum absolute atomic E-state index is 12.8. The van der Waals surface area contributed by atoms with Gasteiger partial charge in [-0.2, -0.15) is 0 Å². The van der Waals surface area contributed by atoms with E-state index in [2.05, 4.69) is 5.32 Å². The molecule has 1 amide bonds. The third-order valence-corrected chi connectivity index (χ3v) is 2.08. The maximum atomic E-state index is 12.8. The Morgan fingerprint density at radius 3 is 2.86 bits per heavy atom. The molecule has 1 N–H and O–H groups in total. The molecule has 0 saturated heterocycles. The Morgan fingerprint density at radius 2 is 2.29 bits per heavy atom. The van der Waals surface area contributed by atoms with Crippen molar-refractivity contribution in [3.63, 3.8) is 0 Å². The Hall–Kier alpha value is -1.38. The molecule has 1 rings (SSSR count). The molecule has 1 aromatic carbocycles. The van der Waals surface area contributed by atoms with Crippen molar-refractivity contribution in [1.82, 2.24) is 5.32 Å². The number of carbonyl (C=O) groups is 1. The third-order valence-electron chi connectivity index (χ3n) is 2.08. The Morgan fingerprint density at radius 1 is 1.57 bits per heavy atom. The average Bonchev–Trinajstić information content (AvgIpc) is 2.17. The highest BCUT2D eigenvalue weighted by Crippen LogP contribution is 2.03. The third kappa shape index (κ3) is 2.83. The minimum atomic E-state index is -0.387. The SMILES string of the molecule is CC[C@@H](C)NC(=O)c1cccc(F)c1. The number of amides is 1. The minimum absolute atomic E-state index is 0.116. The first-order chi connectivity index (χ1) is 6.63. The summed E-state index contributed by atoms with van der Waals surface area (Å²) in [4.78, 5) is 11.5. The topological polar surface area (TPSA) is 29.1 Å². The molecular formula is C11H14FNO. The van der Waals surface area contributed by atoms with Crippen LogP contribution in [0, 0.1) is 5.82 Å². The van der Waals surface area contributed by atoms with E-state index in [1.165, 1.54) is 18.2 Å². The highest BCUT2D eigenvalue weighted by atomic mass is 19.1. The van der Waals surface area contributed by atoms with Gasteiger partial charge in [-0.05, 0) is 31.5 Å². The van der Waals surface area contributed by atoms with Crippen LogP contribution in [0.3, 0.4) is 0 Å². The summed E-state index contributed by atoms with van der Waals surface area (Å²) in [6.07, 6.45) is 0.862. The maximum Gasteiger partial charge on any atom is 0.251 e. The Kier molecular flexibility index (Phi) is 3.63. The summed E-state index contributed by atoms with van der Waals surface area (Å²) in [7, 11) is 0. The lowest BCUT2D eigenvalue weighted by atomic mass is 10.2. The predicted octanol–water partition coefficient (Wildman–Crippen LogP) is 2.35. The molecule has 0 unspecified atom stereocenters. The Labute approximate surface area is 83.1 Å². The fourth-order valence-corrected chi connectivity index (χ4v) is 1.04. The molecule has 0 aliphatic heterocycles. The fourth-order valence-electron chi connectivity index (χ4n) is 1.04. The molecule has 0 bridgehead atoms. The van der Waals surface area contributed by atoms with E-state index in [1.807, 2.05) is 13.8 Å². The van der Waals surface area contributed by atoms with Crippen LogP contribution in [0.4, 0.5) is 4.39 Å². The van der Waals surface area contributed by atoms with Crippen LogP contribution in [-0.2, 0) is 0 Å². The van der Waals surface area contributed by atoms with Crippen molar-refractivity contribution >= 4 is 5.91 Å². The van der Waals surface area contributed by atoms with E-state index in [-0.39, 0.29) is 17.8 Å². The number of benzene rings is 1. The van der Waals surface area contributed by atoms with Gasteiger partial charge >= 0.3 is 0 Å². The van der Waals surface area contributed by atoms with Gasteiger partial charge in [0.2, 0.25) is 0 Å². The predicted molar refractivity (Wildman–Crippen MR) is 53.6 cm³/mol. The second-order valence-electron chi connectivity index (χ2n) is 3.29. The van der Waals surface area contributed by atoms with Crippen molar-refractivity contribution in [2.24, 2.45) is 0 Å². The highest BCUT2D eigenvalue weighted by molar-refractivity contribution is 5.94. The quantitative estimate of drug-likeness (QED) is 0.788. The summed E-state index contributed by atoms with van der Waals surface area (Å²) in [6, 6.07) is 5.80. The van der Waals surface area contributed by atoms with Gasteiger partial charge in [0.15, 0.2) is 0 Å². The van der Waals surface area contributed by atoms with E-state index in [0.29, 0.717) is 5.56 Å². The number of halogens is 1. The van der Waals surface area contributed by atoms with Crippen LogP contribution in [-0.4, -0.2) is 11.9 Å². The van der Waals surface area contributed by atoms with Gasteiger partial charge in [-0.3, -0.25) is 4.79 Å². The first kappa shape index (κ1) is 10.7.